The fourth-order valence-electron chi connectivity index (χ4n) is 9.55. The van der Waals surface area contributed by atoms with E-state index < -0.39 is 0 Å². The Kier molecular flexibility index (Phi) is 7.24. The number of nitrogens with zero attached hydrogens (tertiary/aromatic N) is 4. The van der Waals surface area contributed by atoms with Crippen LogP contribution in [0.15, 0.2) is 211 Å². The molecule has 0 atom stereocenters. The Morgan fingerprint density at radius 1 is 0.344 bits per heavy atom. The first-order chi connectivity index (χ1) is 30.2. The third-order valence-corrected chi connectivity index (χ3v) is 12.3. The second kappa shape index (κ2) is 13.1. The lowest BCUT2D eigenvalue weighted by Gasteiger charge is -2.10. The molecule has 4 heterocycles. The summed E-state index contributed by atoms with van der Waals surface area (Å²) in [6.07, 6.45) is 0. The second-order valence-corrected chi connectivity index (χ2v) is 15.7. The van der Waals surface area contributed by atoms with Crippen molar-refractivity contribution in [2.75, 3.05) is 0 Å². The van der Waals surface area contributed by atoms with Crippen molar-refractivity contribution in [1.82, 2.24) is 19.1 Å². The molecular formula is C56H34N4O. The fraction of sp³-hybridized carbons (Fsp3) is 0. The van der Waals surface area contributed by atoms with Crippen LogP contribution >= 0.6 is 0 Å². The lowest BCUT2D eigenvalue weighted by atomic mass is 10.0. The summed E-state index contributed by atoms with van der Waals surface area (Å²) < 4.78 is 11.5. The topological polar surface area (TPSA) is 48.8 Å². The van der Waals surface area contributed by atoms with Crippen LogP contribution in [0.25, 0.3) is 122 Å². The van der Waals surface area contributed by atoms with Gasteiger partial charge in [-0.25, -0.2) is 9.97 Å². The summed E-state index contributed by atoms with van der Waals surface area (Å²) in [5.74, 6) is 0.690. The molecule has 61 heavy (non-hydrogen) atoms. The highest BCUT2D eigenvalue weighted by Gasteiger charge is 2.20. The molecule has 13 aromatic rings. The van der Waals surface area contributed by atoms with Gasteiger partial charge in [0, 0.05) is 60.2 Å². The number of hydrogen-bond donors (Lipinski definition) is 0. The number of furan rings is 1. The van der Waals surface area contributed by atoms with E-state index in [1.807, 2.05) is 30.3 Å². The Balaban J connectivity index is 0.958. The van der Waals surface area contributed by atoms with Crippen molar-refractivity contribution in [2.24, 2.45) is 0 Å². The van der Waals surface area contributed by atoms with E-state index in [-0.39, 0.29) is 0 Å². The molecule has 0 fully saturated rings. The summed E-state index contributed by atoms with van der Waals surface area (Å²) in [4.78, 5) is 10.1. The Hall–Kier alpha value is -8.28. The van der Waals surface area contributed by atoms with Crippen LogP contribution in [-0.2, 0) is 0 Å². The molecule has 0 spiro atoms. The first-order valence-electron chi connectivity index (χ1n) is 20.7. The van der Waals surface area contributed by atoms with Gasteiger partial charge in [0.2, 0.25) is 0 Å². The first-order valence-corrected chi connectivity index (χ1v) is 20.7. The van der Waals surface area contributed by atoms with Gasteiger partial charge in [0.25, 0.3) is 0 Å². The van der Waals surface area contributed by atoms with Gasteiger partial charge < -0.3 is 13.6 Å². The molecule has 0 unspecified atom stereocenters. The lowest BCUT2D eigenvalue weighted by Crippen LogP contribution is -1.95. The van der Waals surface area contributed by atoms with Gasteiger partial charge >= 0.3 is 0 Å². The quantitative estimate of drug-likeness (QED) is 0.175. The van der Waals surface area contributed by atoms with E-state index in [0.29, 0.717) is 5.82 Å². The molecule has 0 saturated carbocycles. The van der Waals surface area contributed by atoms with Crippen molar-refractivity contribution < 1.29 is 4.42 Å². The maximum absolute atomic E-state index is 6.76. The van der Waals surface area contributed by atoms with Crippen LogP contribution < -0.4 is 0 Å². The van der Waals surface area contributed by atoms with Crippen LogP contribution in [-0.4, -0.2) is 19.1 Å². The summed E-state index contributed by atoms with van der Waals surface area (Å²) >= 11 is 0. The third-order valence-electron chi connectivity index (χ3n) is 12.3. The van der Waals surface area contributed by atoms with Crippen LogP contribution in [0.2, 0.25) is 0 Å². The molecular weight excluding hydrogens is 745 g/mol. The predicted octanol–water partition coefficient (Wildman–Crippen LogP) is 14.7. The summed E-state index contributed by atoms with van der Waals surface area (Å²) in [7, 11) is 0. The summed E-state index contributed by atoms with van der Waals surface area (Å²) in [5.41, 5.74) is 14.6. The van der Waals surface area contributed by atoms with Gasteiger partial charge in [-0.15, -0.1) is 0 Å². The Morgan fingerprint density at radius 2 is 0.918 bits per heavy atom. The number of aromatic nitrogens is 4. The Labute approximate surface area is 350 Å². The largest absolute Gasteiger partial charge is 0.455 e. The highest BCUT2D eigenvalue weighted by atomic mass is 16.3. The maximum atomic E-state index is 6.76. The zero-order chi connectivity index (χ0) is 40.0. The van der Waals surface area contributed by atoms with Gasteiger partial charge in [-0.2, -0.15) is 0 Å². The van der Waals surface area contributed by atoms with Gasteiger partial charge in [0.15, 0.2) is 5.82 Å². The van der Waals surface area contributed by atoms with Crippen molar-refractivity contribution in [3.8, 4) is 45.1 Å². The van der Waals surface area contributed by atoms with Crippen LogP contribution in [0, 0.1) is 0 Å². The predicted molar refractivity (Wildman–Crippen MR) is 252 cm³/mol. The second-order valence-electron chi connectivity index (χ2n) is 15.7. The minimum atomic E-state index is 0.690. The van der Waals surface area contributed by atoms with Crippen molar-refractivity contribution >= 4 is 76.5 Å². The zero-order valence-corrected chi connectivity index (χ0v) is 32.8. The molecule has 5 nitrogen and oxygen atoms in total. The van der Waals surface area contributed by atoms with Gasteiger partial charge in [0.05, 0.1) is 33.3 Å². The molecule has 284 valence electrons. The van der Waals surface area contributed by atoms with Crippen LogP contribution in [0.3, 0.4) is 0 Å². The highest BCUT2D eigenvalue weighted by molar-refractivity contribution is 6.15. The molecule has 13 rings (SSSR count). The van der Waals surface area contributed by atoms with E-state index in [9.17, 15) is 0 Å². The average Bonchev–Trinajstić information content (AvgIpc) is 3.99. The minimum Gasteiger partial charge on any atom is -0.455 e. The van der Waals surface area contributed by atoms with Gasteiger partial charge in [-0.05, 0) is 90.0 Å². The zero-order valence-electron chi connectivity index (χ0n) is 32.8. The Morgan fingerprint density at radius 3 is 1.62 bits per heavy atom. The molecule has 9 aromatic carbocycles. The SMILES string of the molecule is c1ccc(-c2nc(-c3cccc4c3oc3ccc(-n5c6ccccc6c6cc(-c7ccc8c(c7)c7ccccc7n8-c7ccccc7)ccc65)cc34)c3ccccc3n2)cc1. The van der Waals surface area contributed by atoms with E-state index in [1.165, 1.54) is 43.7 Å². The molecule has 0 aliphatic heterocycles. The van der Waals surface area contributed by atoms with Crippen molar-refractivity contribution in [3.05, 3.63) is 206 Å². The van der Waals surface area contributed by atoms with Crippen LogP contribution in [0.5, 0.6) is 0 Å². The molecule has 0 saturated heterocycles. The van der Waals surface area contributed by atoms with E-state index in [2.05, 4.69) is 185 Å². The van der Waals surface area contributed by atoms with E-state index in [4.69, 9.17) is 14.4 Å². The molecule has 0 N–H and O–H groups in total. The third kappa shape index (κ3) is 5.14. The molecule has 4 aromatic heterocycles. The van der Waals surface area contributed by atoms with E-state index in [1.54, 1.807) is 0 Å². The molecule has 5 heteroatoms. The number of fused-ring (bicyclic) bond motifs is 10. The van der Waals surface area contributed by atoms with Gasteiger partial charge in [0.1, 0.15) is 11.2 Å². The van der Waals surface area contributed by atoms with Gasteiger partial charge in [-0.3, -0.25) is 0 Å². The highest BCUT2D eigenvalue weighted by Crippen LogP contribution is 2.42. The number of para-hydroxylation sites is 5. The molecule has 0 aliphatic carbocycles. The molecule has 0 amide bonds. The lowest BCUT2D eigenvalue weighted by molar-refractivity contribution is 0.670. The summed E-state index contributed by atoms with van der Waals surface area (Å²) in [6.45, 7) is 0. The maximum Gasteiger partial charge on any atom is 0.160 e. The number of rotatable bonds is 5. The van der Waals surface area contributed by atoms with Crippen LogP contribution in [0.1, 0.15) is 0 Å². The standard InChI is InChI=1S/C56H34N4O/c1-3-14-35(15-4-1)56-57-48-23-10-7-20-43(48)54(58-56)44-22-13-21-42-47-34-39(28-31-53(47)61-55(42)44)60-50-25-12-9-19-41(50)46-33-37(27-30-52(46)60)36-26-29-51-45(32-36)40-18-8-11-24-49(40)59(51)38-16-5-2-6-17-38/h1-34H. The van der Waals surface area contributed by atoms with Crippen LogP contribution in [0.4, 0.5) is 0 Å². The fourth-order valence-corrected chi connectivity index (χ4v) is 9.55. The molecule has 0 radical (unpaired) electrons. The van der Waals surface area contributed by atoms with E-state index in [0.717, 1.165) is 72.1 Å². The first kappa shape index (κ1) is 33.7. The monoisotopic (exact) mass is 778 g/mol. The summed E-state index contributed by atoms with van der Waals surface area (Å²) in [5, 5.41) is 8.01. The average molecular weight is 779 g/mol. The molecule has 0 bridgehead atoms. The van der Waals surface area contributed by atoms with E-state index >= 15 is 0 Å². The normalized spacial score (nSPS) is 11.9. The Bertz CT molecular complexity index is 3880. The van der Waals surface area contributed by atoms with Gasteiger partial charge in [-0.1, -0.05) is 127 Å². The number of hydrogen-bond acceptors (Lipinski definition) is 3. The molecule has 0 aliphatic rings. The van der Waals surface area contributed by atoms with Crippen molar-refractivity contribution in [2.45, 2.75) is 0 Å². The minimum absolute atomic E-state index is 0.690. The summed E-state index contributed by atoms with van der Waals surface area (Å²) in [6, 6.07) is 73.2. The number of benzene rings is 9. The van der Waals surface area contributed by atoms with Crippen molar-refractivity contribution in [3.63, 3.8) is 0 Å². The van der Waals surface area contributed by atoms with Crippen molar-refractivity contribution in [1.29, 1.82) is 0 Å². The smallest absolute Gasteiger partial charge is 0.160 e.